The number of nitrogens with zero attached hydrogens (tertiary/aromatic N) is 1. The van der Waals surface area contributed by atoms with E-state index in [1.165, 1.54) is 0 Å². The summed E-state index contributed by atoms with van der Waals surface area (Å²) in [5.41, 5.74) is 5.39. The number of nitrogens with two attached hydrogens (primary N) is 1. The van der Waals surface area contributed by atoms with E-state index < -0.39 is 0 Å². The fourth-order valence-electron chi connectivity index (χ4n) is 1.87. The third-order valence-electron chi connectivity index (χ3n) is 2.96. The summed E-state index contributed by atoms with van der Waals surface area (Å²) in [6.07, 6.45) is 3.64. The predicted octanol–water partition coefficient (Wildman–Crippen LogP) is -0.0461. The molecule has 5 nitrogen and oxygen atoms in total. The lowest BCUT2D eigenvalue weighted by Crippen LogP contribution is -2.41. The van der Waals surface area contributed by atoms with Crippen molar-refractivity contribution in [3.8, 4) is 0 Å². The van der Waals surface area contributed by atoms with Crippen LogP contribution in [-0.4, -0.2) is 56.7 Å². The lowest BCUT2D eigenvalue weighted by Gasteiger charge is -2.26. The van der Waals surface area contributed by atoms with Gasteiger partial charge in [-0.25, -0.2) is 0 Å². The highest BCUT2D eigenvalue weighted by Crippen LogP contribution is 1.98. The van der Waals surface area contributed by atoms with Crippen LogP contribution < -0.4 is 11.1 Å². The van der Waals surface area contributed by atoms with Crippen molar-refractivity contribution in [2.45, 2.75) is 25.7 Å². The van der Waals surface area contributed by atoms with Crippen LogP contribution in [0.15, 0.2) is 0 Å². The number of rotatable bonds is 8. The molecule has 0 aliphatic carbocycles. The molecule has 1 heterocycles. The summed E-state index contributed by atoms with van der Waals surface area (Å²) < 4.78 is 5.26. The molecule has 0 aromatic heterocycles. The van der Waals surface area contributed by atoms with Crippen molar-refractivity contribution in [3.63, 3.8) is 0 Å². The van der Waals surface area contributed by atoms with Gasteiger partial charge in [0.1, 0.15) is 0 Å². The maximum absolute atomic E-state index is 11.5. The highest BCUT2D eigenvalue weighted by molar-refractivity contribution is 5.75. The van der Waals surface area contributed by atoms with E-state index in [1.807, 2.05) is 0 Å². The average molecular weight is 243 g/mol. The van der Waals surface area contributed by atoms with Gasteiger partial charge in [-0.1, -0.05) is 6.42 Å². The normalized spacial score (nSPS) is 17.0. The van der Waals surface area contributed by atoms with E-state index in [4.69, 9.17) is 10.5 Å². The Balaban J connectivity index is 1.92. The fraction of sp³-hybridized carbons (Fsp3) is 0.917. The van der Waals surface area contributed by atoms with Crippen molar-refractivity contribution in [1.29, 1.82) is 0 Å². The van der Waals surface area contributed by atoms with Crippen molar-refractivity contribution < 1.29 is 9.53 Å². The topological polar surface area (TPSA) is 67.6 Å². The third kappa shape index (κ3) is 7.31. The van der Waals surface area contributed by atoms with Gasteiger partial charge in [-0.05, 0) is 19.4 Å². The first-order chi connectivity index (χ1) is 8.33. The van der Waals surface area contributed by atoms with Crippen LogP contribution in [0, 0.1) is 0 Å². The predicted molar refractivity (Wildman–Crippen MR) is 67.8 cm³/mol. The Morgan fingerprint density at radius 3 is 2.71 bits per heavy atom. The van der Waals surface area contributed by atoms with Gasteiger partial charge in [-0.15, -0.1) is 0 Å². The molecule has 0 atom stereocenters. The minimum absolute atomic E-state index is 0.162. The van der Waals surface area contributed by atoms with Crippen LogP contribution in [0.1, 0.15) is 25.7 Å². The summed E-state index contributed by atoms with van der Waals surface area (Å²) in [4.78, 5) is 13.8. The molecule has 1 saturated heterocycles. The number of ether oxygens (including phenoxy) is 1. The number of carbonyl (C=O) groups excluding carboxylic acids is 1. The second-order valence-electron chi connectivity index (χ2n) is 4.40. The Kier molecular flexibility index (Phi) is 7.96. The van der Waals surface area contributed by atoms with E-state index in [0.717, 1.165) is 65.2 Å². The largest absolute Gasteiger partial charge is 0.379 e. The molecular weight excluding hydrogens is 218 g/mol. The van der Waals surface area contributed by atoms with Crippen molar-refractivity contribution in [3.05, 3.63) is 0 Å². The highest BCUT2D eigenvalue weighted by Gasteiger charge is 2.09. The molecule has 0 bridgehead atoms. The number of amides is 1. The van der Waals surface area contributed by atoms with E-state index in [0.29, 0.717) is 6.42 Å². The fourth-order valence-corrected chi connectivity index (χ4v) is 1.87. The number of nitrogens with one attached hydrogen (secondary N) is 1. The van der Waals surface area contributed by atoms with Gasteiger partial charge in [0.25, 0.3) is 0 Å². The van der Waals surface area contributed by atoms with Gasteiger partial charge in [0, 0.05) is 32.6 Å². The maximum Gasteiger partial charge on any atom is 0.220 e. The summed E-state index contributed by atoms with van der Waals surface area (Å²) in [7, 11) is 0. The Morgan fingerprint density at radius 2 is 2.00 bits per heavy atom. The van der Waals surface area contributed by atoms with Crippen LogP contribution in [0.2, 0.25) is 0 Å². The quantitative estimate of drug-likeness (QED) is 0.587. The molecule has 0 unspecified atom stereocenters. The van der Waals surface area contributed by atoms with Gasteiger partial charge in [-0.3, -0.25) is 9.69 Å². The second kappa shape index (κ2) is 9.39. The molecule has 1 aliphatic heterocycles. The molecule has 1 amide bonds. The van der Waals surface area contributed by atoms with Gasteiger partial charge in [0.05, 0.1) is 13.2 Å². The number of hydrogen-bond donors (Lipinski definition) is 2. The van der Waals surface area contributed by atoms with E-state index in [-0.39, 0.29) is 5.91 Å². The molecule has 0 radical (unpaired) electrons. The number of hydrogen-bond acceptors (Lipinski definition) is 4. The SMILES string of the molecule is NCCCCCC(=O)NCCN1CCOCC1. The molecule has 0 aromatic carbocycles. The summed E-state index contributed by atoms with van der Waals surface area (Å²) in [6.45, 7) is 5.98. The zero-order chi connectivity index (χ0) is 12.3. The first kappa shape index (κ1) is 14.4. The summed E-state index contributed by atoms with van der Waals surface area (Å²) in [5.74, 6) is 0.162. The van der Waals surface area contributed by atoms with Crippen molar-refractivity contribution >= 4 is 5.91 Å². The molecular formula is C12H25N3O2. The lowest BCUT2D eigenvalue weighted by molar-refractivity contribution is -0.121. The third-order valence-corrected chi connectivity index (χ3v) is 2.96. The molecule has 1 rings (SSSR count). The van der Waals surface area contributed by atoms with Gasteiger partial charge in [-0.2, -0.15) is 0 Å². The highest BCUT2D eigenvalue weighted by atomic mass is 16.5. The van der Waals surface area contributed by atoms with Gasteiger partial charge in [0.15, 0.2) is 0 Å². The van der Waals surface area contributed by atoms with Gasteiger partial charge in [0.2, 0.25) is 5.91 Å². The average Bonchev–Trinajstić information content (AvgIpc) is 2.36. The summed E-state index contributed by atoms with van der Waals surface area (Å²) in [5, 5.41) is 2.95. The molecule has 17 heavy (non-hydrogen) atoms. The summed E-state index contributed by atoms with van der Waals surface area (Å²) in [6, 6.07) is 0. The minimum Gasteiger partial charge on any atom is -0.379 e. The molecule has 0 aromatic rings. The monoisotopic (exact) mass is 243 g/mol. The maximum atomic E-state index is 11.5. The van der Waals surface area contributed by atoms with Crippen LogP contribution in [-0.2, 0) is 9.53 Å². The molecule has 1 aliphatic rings. The molecule has 0 spiro atoms. The molecule has 1 fully saturated rings. The Hall–Kier alpha value is -0.650. The Labute approximate surface area is 104 Å². The van der Waals surface area contributed by atoms with Crippen LogP contribution in [0.25, 0.3) is 0 Å². The summed E-state index contributed by atoms with van der Waals surface area (Å²) >= 11 is 0. The first-order valence-electron chi connectivity index (χ1n) is 6.60. The van der Waals surface area contributed by atoms with E-state index in [2.05, 4.69) is 10.2 Å². The van der Waals surface area contributed by atoms with Crippen LogP contribution in [0.5, 0.6) is 0 Å². The van der Waals surface area contributed by atoms with Crippen LogP contribution in [0.4, 0.5) is 0 Å². The van der Waals surface area contributed by atoms with Crippen molar-refractivity contribution in [2.24, 2.45) is 5.73 Å². The van der Waals surface area contributed by atoms with Gasteiger partial charge < -0.3 is 15.8 Å². The molecule has 5 heteroatoms. The van der Waals surface area contributed by atoms with E-state index in [9.17, 15) is 4.79 Å². The second-order valence-corrected chi connectivity index (χ2v) is 4.40. The Morgan fingerprint density at radius 1 is 1.24 bits per heavy atom. The zero-order valence-electron chi connectivity index (χ0n) is 10.6. The smallest absolute Gasteiger partial charge is 0.220 e. The van der Waals surface area contributed by atoms with Crippen LogP contribution in [0.3, 0.4) is 0 Å². The van der Waals surface area contributed by atoms with Crippen molar-refractivity contribution in [1.82, 2.24) is 10.2 Å². The number of morpholine rings is 1. The van der Waals surface area contributed by atoms with Crippen molar-refractivity contribution in [2.75, 3.05) is 45.9 Å². The van der Waals surface area contributed by atoms with E-state index in [1.54, 1.807) is 0 Å². The Bertz CT molecular complexity index is 206. The molecule has 3 N–H and O–H groups in total. The minimum atomic E-state index is 0.162. The molecule has 100 valence electrons. The first-order valence-corrected chi connectivity index (χ1v) is 6.60. The van der Waals surface area contributed by atoms with Gasteiger partial charge >= 0.3 is 0 Å². The molecule has 0 saturated carbocycles. The lowest BCUT2D eigenvalue weighted by atomic mass is 10.2. The van der Waals surface area contributed by atoms with E-state index >= 15 is 0 Å². The number of carbonyl (C=O) groups is 1. The van der Waals surface area contributed by atoms with Crippen LogP contribution >= 0.6 is 0 Å². The number of unbranched alkanes of at least 4 members (excludes halogenated alkanes) is 2. The zero-order valence-corrected chi connectivity index (χ0v) is 10.6. The standard InChI is InChI=1S/C12H25N3O2/c13-5-3-1-2-4-12(16)14-6-7-15-8-10-17-11-9-15/h1-11,13H2,(H,14,16).